The lowest BCUT2D eigenvalue weighted by atomic mass is 10.1. The summed E-state index contributed by atoms with van der Waals surface area (Å²) in [7, 11) is 0. The SMILES string of the molecule is CC(C)CN(C(=O)c1cn2c(n1)NCCC2)C(C)C. The Morgan fingerprint density at radius 2 is 2.21 bits per heavy atom. The van der Waals surface area contributed by atoms with Gasteiger partial charge in [-0.2, -0.15) is 0 Å². The number of aryl methyl sites for hydroxylation is 1. The Morgan fingerprint density at radius 1 is 1.47 bits per heavy atom. The zero-order valence-corrected chi connectivity index (χ0v) is 12.3. The molecule has 2 heterocycles. The van der Waals surface area contributed by atoms with Gasteiger partial charge >= 0.3 is 0 Å². The second-order valence-electron chi connectivity index (χ2n) is 5.87. The summed E-state index contributed by atoms with van der Waals surface area (Å²) in [6.07, 6.45) is 2.95. The number of aromatic nitrogens is 2. The first-order valence-electron chi connectivity index (χ1n) is 7.11. The number of hydrogen-bond acceptors (Lipinski definition) is 3. The molecule has 1 aliphatic rings. The van der Waals surface area contributed by atoms with Gasteiger partial charge in [0.25, 0.3) is 5.91 Å². The van der Waals surface area contributed by atoms with Crippen molar-refractivity contribution in [2.75, 3.05) is 18.4 Å². The molecule has 0 spiro atoms. The van der Waals surface area contributed by atoms with Gasteiger partial charge in [-0.1, -0.05) is 13.8 Å². The van der Waals surface area contributed by atoms with Crippen LogP contribution in [0, 0.1) is 5.92 Å². The Labute approximate surface area is 115 Å². The smallest absolute Gasteiger partial charge is 0.274 e. The minimum absolute atomic E-state index is 0.0346. The number of rotatable bonds is 4. The van der Waals surface area contributed by atoms with Crippen LogP contribution < -0.4 is 5.32 Å². The molecule has 5 heteroatoms. The maximum absolute atomic E-state index is 12.6. The molecule has 0 aromatic carbocycles. The molecule has 1 N–H and O–H groups in total. The van der Waals surface area contributed by atoms with Crippen molar-refractivity contribution in [3.8, 4) is 0 Å². The minimum Gasteiger partial charge on any atom is -0.356 e. The fraction of sp³-hybridized carbons (Fsp3) is 0.714. The molecule has 1 aliphatic heterocycles. The van der Waals surface area contributed by atoms with Crippen molar-refractivity contribution in [2.45, 2.75) is 46.7 Å². The van der Waals surface area contributed by atoms with E-state index in [1.165, 1.54) is 0 Å². The van der Waals surface area contributed by atoms with Crippen molar-refractivity contribution < 1.29 is 4.79 Å². The fourth-order valence-electron chi connectivity index (χ4n) is 2.35. The third-order valence-corrected chi connectivity index (χ3v) is 3.30. The number of carbonyl (C=O) groups is 1. The molecule has 0 fully saturated rings. The van der Waals surface area contributed by atoms with Gasteiger partial charge in [0.05, 0.1) is 0 Å². The van der Waals surface area contributed by atoms with E-state index in [9.17, 15) is 4.79 Å². The Hall–Kier alpha value is -1.52. The predicted octanol–water partition coefficient (Wildman–Crippen LogP) is 2.21. The van der Waals surface area contributed by atoms with Crippen LogP contribution in [0.1, 0.15) is 44.6 Å². The molecule has 0 saturated carbocycles. The van der Waals surface area contributed by atoms with Crippen molar-refractivity contribution in [2.24, 2.45) is 5.92 Å². The van der Waals surface area contributed by atoms with Gasteiger partial charge < -0.3 is 14.8 Å². The van der Waals surface area contributed by atoms with Gasteiger partial charge in [0.2, 0.25) is 5.95 Å². The molecule has 0 atom stereocenters. The van der Waals surface area contributed by atoms with E-state index in [0.717, 1.165) is 32.0 Å². The Balaban J connectivity index is 2.19. The van der Waals surface area contributed by atoms with Crippen LogP contribution in [0.15, 0.2) is 6.20 Å². The van der Waals surface area contributed by atoms with Crippen LogP contribution in [0.2, 0.25) is 0 Å². The second kappa shape index (κ2) is 5.63. The topological polar surface area (TPSA) is 50.2 Å². The number of carbonyl (C=O) groups excluding carboxylic acids is 1. The van der Waals surface area contributed by atoms with Crippen molar-refractivity contribution in [3.63, 3.8) is 0 Å². The van der Waals surface area contributed by atoms with Gasteiger partial charge in [-0.25, -0.2) is 4.98 Å². The average molecular weight is 264 g/mol. The lowest BCUT2D eigenvalue weighted by Crippen LogP contribution is -2.39. The van der Waals surface area contributed by atoms with E-state index in [2.05, 4.69) is 38.0 Å². The molecule has 106 valence electrons. The zero-order chi connectivity index (χ0) is 14.0. The number of imidazole rings is 1. The quantitative estimate of drug-likeness (QED) is 0.907. The number of amides is 1. The van der Waals surface area contributed by atoms with Crippen LogP contribution in [0.4, 0.5) is 5.95 Å². The normalized spacial score (nSPS) is 14.4. The van der Waals surface area contributed by atoms with Crippen molar-refractivity contribution in [1.29, 1.82) is 0 Å². The zero-order valence-electron chi connectivity index (χ0n) is 12.3. The summed E-state index contributed by atoms with van der Waals surface area (Å²) in [6.45, 7) is 11.0. The monoisotopic (exact) mass is 264 g/mol. The predicted molar refractivity (Wildman–Crippen MR) is 76.3 cm³/mol. The van der Waals surface area contributed by atoms with E-state index >= 15 is 0 Å². The van der Waals surface area contributed by atoms with Crippen LogP contribution in [0.5, 0.6) is 0 Å². The first-order valence-corrected chi connectivity index (χ1v) is 7.11. The standard InChI is InChI=1S/C14H24N4O/c1-10(2)8-18(11(3)4)13(19)12-9-17-7-5-6-15-14(17)16-12/h9-11H,5-8H2,1-4H3,(H,15,16). The summed E-state index contributed by atoms with van der Waals surface area (Å²) in [5.41, 5.74) is 0.554. The largest absolute Gasteiger partial charge is 0.356 e. The Morgan fingerprint density at radius 3 is 2.79 bits per heavy atom. The van der Waals surface area contributed by atoms with Gasteiger partial charge in [0, 0.05) is 31.9 Å². The molecule has 19 heavy (non-hydrogen) atoms. The molecular formula is C14H24N4O. The molecule has 1 amide bonds. The summed E-state index contributed by atoms with van der Waals surface area (Å²) >= 11 is 0. The number of hydrogen-bond donors (Lipinski definition) is 1. The van der Waals surface area contributed by atoms with Crippen LogP contribution >= 0.6 is 0 Å². The van der Waals surface area contributed by atoms with Crippen LogP contribution in [-0.4, -0.2) is 39.5 Å². The van der Waals surface area contributed by atoms with E-state index in [1.54, 1.807) is 0 Å². The molecule has 1 aromatic rings. The number of nitrogens with one attached hydrogen (secondary N) is 1. The summed E-state index contributed by atoms with van der Waals surface area (Å²) in [5.74, 6) is 1.32. The molecule has 5 nitrogen and oxygen atoms in total. The lowest BCUT2D eigenvalue weighted by molar-refractivity contribution is 0.0676. The maximum atomic E-state index is 12.6. The highest BCUT2D eigenvalue weighted by Gasteiger charge is 2.23. The molecule has 0 bridgehead atoms. The Bertz CT molecular complexity index is 427. The average Bonchev–Trinajstić information content (AvgIpc) is 2.78. The molecule has 0 saturated heterocycles. The van der Waals surface area contributed by atoms with Crippen molar-refractivity contribution in [1.82, 2.24) is 14.5 Å². The van der Waals surface area contributed by atoms with Gasteiger partial charge in [0.15, 0.2) is 0 Å². The van der Waals surface area contributed by atoms with Crippen molar-refractivity contribution >= 4 is 11.9 Å². The number of anilines is 1. The minimum atomic E-state index is 0.0346. The summed E-state index contributed by atoms with van der Waals surface area (Å²) in [4.78, 5) is 18.9. The van der Waals surface area contributed by atoms with Crippen molar-refractivity contribution in [3.05, 3.63) is 11.9 Å². The molecule has 0 radical (unpaired) electrons. The molecule has 0 unspecified atom stereocenters. The van der Waals surface area contributed by atoms with E-state index in [-0.39, 0.29) is 11.9 Å². The van der Waals surface area contributed by atoms with E-state index in [1.807, 2.05) is 15.7 Å². The molecule has 2 rings (SSSR count). The number of nitrogens with zero attached hydrogens (tertiary/aromatic N) is 3. The van der Waals surface area contributed by atoms with E-state index in [4.69, 9.17) is 0 Å². The van der Waals surface area contributed by atoms with Crippen LogP contribution in [0.3, 0.4) is 0 Å². The van der Waals surface area contributed by atoms with Gasteiger partial charge in [-0.05, 0) is 26.2 Å². The van der Waals surface area contributed by atoms with E-state index in [0.29, 0.717) is 11.6 Å². The molecular weight excluding hydrogens is 240 g/mol. The Kier molecular flexibility index (Phi) is 4.12. The van der Waals surface area contributed by atoms with Gasteiger partial charge in [-0.3, -0.25) is 4.79 Å². The van der Waals surface area contributed by atoms with Crippen LogP contribution in [-0.2, 0) is 6.54 Å². The third-order valence-electron chi connectivity index (χ3n) is 3.30. The van der Waals surface area contributed by atoms with E-state index < -0.39 is 0 Å². The highest BCUT2D eigenvalue weighted by atomic mass is 16.2. The molecule has 1 aromatic heterocycles. The third kappa shape index (κ3) is 3.08. The van der Waals surface area contributed by atoms with Gasteiger partial charge in [-0.15, -0.1) is 0 Å². The van der Waals surface area contributed by atoms with Gasteiger partial charge in [0.1, 0.15) is 5.69 Å². The lowest BCUT2D eigenvalue weighted by Gasteiger charge is -2.27. The molecule has 0 aliphatic carbocycles. The highest BCUT2D eigenvalue weighted by molar-refractivity contribution is 5.92. The highest BCUT2D eigenvalue weighted by Crippen LogP contribution is 2.17. The fourth-order valence-corrected chi connectivity index (χ4v) is 2.35. The first kappa shape index (κ1) is 13.9. The number of fused-ring (bicyclic) bond motifs is 1. The summed E-state index contributed by atoms with van der Waals surface area (Å²) in [5, 5.41) is 3.23. The first-order chi connectivity index (χ1) is 8.99. The summed E-state index contributed by atoms with van der Waals surface area (Å²) in [6, 6.07) is 0.196. The summed E-state index contributed by atoms with van der Waals surface area (Å²) < 4.78 is 2.03. The van der Waals surface area contributed by atoms with Crippen LogP contribution in [0.25, 0.3) is 0 Å². The second-order valence-corrected chi connectivity index (χ2v) is 5.87. The maximum Gasteiger partial charge on any atom is 0.274 e.